The molecular formula is C29H47NO4S. The number of carbonyl (C=O) groups excluding carboxylic acids is 1. The summed E-state index contributed by atoms with van der Waals surface area (Å²) in [5.74, 6) is 5.07. The molecule has 4 aliphatic carbocycles. The third-order valence-electron chi connectivity index (χ3n) is 11.1. The second-order valence-corrected chi connectivity index (χ2v) is 14.2. The highest BCUT2D eigenvalue weighted by molar-refractivity contribution is 7.99. The minimum atomic E-state index is -0.528. The Bertz CT molecular complexity index is 804. The molecule has 0 amide bonds. The first-order chi connectivity index (χ1) is 16.8. The van der Waals surface area contributed by atoms with Crippen LogP contribution in [0.1, 0.15) is 78.1 Å². The van der Waals surface area contributed by atoms with E-state index >= 15 is 0 Å². The number of hydrogen-bond acceptors (Lipinski definition) is 6. The van der Waals surface area contributed by atoms with Gasteiger partial charge in [-0.1, -0.05) is 13.8 Å². The van der Waals surface area contributed by atoms with Gasteiger partial charge in [-0.25, -0.2) is 4.79 Å². The number of thioether (sulfide) groups is 1. The predicted molar refractivity (Wildman–Crippen MR) is 141 cm³/mol. The number of fused-ring (bicyclic) bond motifs is 5. The average molecular weight is 506 g/mol. The summed E-state index contributed by atoms with van der Waals surface area (Å²) in [5.41, 5.74) is 7.60. The topological polar surface area (TPSA) is 81.8 Å². The van der Waals surface area contributed by atoms with Crippen molar-refractivity contribution in [1.29, 1.82) is 0 Å². The molecule has 35 heavy (non-hydrogen) atoms. The fourth-order valence-electron chi connectivity index (χ4n) is 9.27. The van der Waals surface area contributed by atoms with Gasteiger partial charge < -0.3 is 20.3 Å². The fraction of sp³-hybridized carbons (Fsp3) is 0.897. The monoisotopic (exact) mass is 505 g/mol. The van der Waals surface area contributed by atoms with Crippen molar-refractivity contribution in [2.24, 2.45) is 46.2 Å². The highest BCUT2D eigenvalue weighted by atomic mass is 32.2. The molecule has 6 heteroatoms. The molecule has 198 valence electrons. The van der Waals surface area contributed by atoms with Gasteiger partial charge in [-0.3, -0.25) is 0 Å². The van der Waals surface area contributed by atoms with Crippen LogP contribution < -0.4 is 5.73 Å². The van der Waals surface area contributed by atoms with Crippen LogP contribution in [0.15, 0.2) is 11.6 Å². The molecule has 9 atom stereocenters. The summed E-state index contributed by atoms with van der Waals surface area (Å²) >= 11 is 2.16. The van der Waals surface area contributed by atoms with Crippen molar-refractivity contribution < 1.29 is 19.4 Å². The zero-order valence-corrected chi connectivity index (χ0v) is 22.7. The Morgan fingerprint density at radius 3 is 2.71 bits per heavy atom. The number of rotatable bonds is 9. The van der Waals surface area contributed by atoms with E-state index in [-0.39, 0.29) is 12.5 Å². The summed E-state index contributed by atoms with van der Waals surface area (Å²) < 4.78 is 10.9. The molecule has 0 radical (unpaired) electrons. The van der Waals surface area contributed by atoms with Crippen LogP contribution >= 0.6 is 11.8 Å². The number of ether oxygens (including phenoxy) is 2. The number of aliphatic hydroxyl groups excluding tert-OH is 1. The first kappa shape index (κ1) is 26.1. The van der Waals surface area contributed by atoms with Crippen LogP contribution in [0.25, 0.3) is 0 Å². The molecule has 5 rings (SSSR count). The molecule has 5 aliphatic rings. The molecule has 1 aliphatic heterocycles. The van der Waals surface area contributed by atoms with Gasteiger partial charge in [0.15, 0.2) is 0 Å². The van der Waals surface area contributed by atoms with Gasteiger partial charge in [-0.15, -0.1) is 0 Å². The van der Waals surface area contributed by atoms with Gasteiger partial charge in [0.1, 0.15) is 6.61 Å². The van der Waals surface area contributed by atoms with E-state index in [1.165, 1.54) is 63.4 Å². The van der Waals surface area contributed by atoms with Crippen molar-refractivity contribution in [2.75, 3.05) is 32.1 Å². The number of esters is 1. The van der Waals surface area contributed by atoms with Crippen molar-refractivity contribution in [3.05, 3.63) is 11.6 Å². The van der Waals surface area contributed by atoms with Crippen LogP contribution in [-0.2, 0) is 14.3 Å². The van der Waals surface area contributed by atoms with Gasteiger partial charge in [0, 0.05) is 24.5 Å². The minimum absolute atomic E-state index is 0.124. The smallest absolute Gasteiger partial charge is 0.331 e. The molecule has 4 saturated carbocycles. The lowest BCUT2D eigenvalue weighted by atomic mass is 9.44. The van der Waals surface area contributed by atoms with Crippen LogP contribution in [0.5, 0.6) is 0 Å². The van der Waals surface area contributed by atoms with Crippen LogP contribution in [-0.4, -0.2) is 54.5 Å². The maximum Gasteiger partial charge on any atom is 0.331 e. The largest absolute Gasteiger partial charge is 0.458 e. The zero-order chi connectivity index (χ0) is 24.6. The van der Waals surface area contributed by atoms with Crippen LogP contribution in [0.4, 0.5) is 0 Å². The number of carbonyl (C=O) groups is 1. The highest BCUT2D eigenvalue weighted by Crippen LogP contribution is 2.68. The molecule has 5 nitrogen and oxygen atoms in total. The fourth-order valence-corrected chi connectivity index (χ4v) is 10.5. The van der Waals surface area contributed by atoms with Crippen LogP contribution in [0.2, 0.25) is 0 Å². The molecule has 1 unspecified atom stereocenters. The molecule has 0 aromatic heterocycles. The second kappa shape index (κ2) is 10.7. The number of aliphatic hydroxyl groups is 1. The van der Waals surface area contributed by atoms with Gasteiger partial charge in [0.25, 0.3) is 0 Å². The van der Waals surface area contributed by atoms with E-state index in [0.29, 0.717) is 30.0 Å². The Labute approximate surface area is 216 Å². The van der Waals surface area contributed by atoms with E-state index in [1.54, 1.807) is 0 Å². The Hall–Kier alpha value is -0.560. The lowest BCUT2D eigenvalue weighted by Gasteiger charge is -2.61. The normalized spacial score (nSPS) is 43.7. The van der Waals surface area contributed by atoms with Crippen molar-refractivity contribution in [3.8, 4) is 0 Å². The predicted octanol–water partition coefficient (Wildman–Crippen LogP) is 4.96. The van der Waals surface area contributed by atoms with Crippen LogP contribution in [0, 0.1) is 40.4 Å². The van der Waals surface area contributed by atoms with E-state index in [0.717, 1.165) is 47.7 Å². The molecule has 0 saturated heterocycles. The second-order valence-electron chi connectivity index (χ2n) is 12.7. The highest BCUT2D eigenvalue weighted by Gasteiger charge is 2.60. The molecule has 0 aromatic carbocycles. The van der Waals surface area contributed by atoms with E-state index in [4.69, 9.17) is 15.2 Å². The Morgan fingerprint density at radius 2 is 1.94 bits per heavy atom. The van der Waals surface area contributed by atoms with E-state index in [1.807, 2.05) is 6.08 Å². The third kappa shape index (κ3) is 4.98. The van der Waals surface area contributed by atoms with E-state index in [2.05, 4.69) is 25.6 Å². The van der Waals surface area contributed by atoms with Crippen molar-refractivity contribution in [2.45, 2.75) is 89.4 Å². The summed E-state index contributed by atoms with van der Waals surface area (Å²) in [6.45, 7) is 7.11. The number of hydrogen-bond donors (Lipinski definition) is 2. The summed E-state index contributed by atoms with van der Waals surface area (Å²) in [7, 11) is 0. The molecule has 1 heterocycles. The molecule has 0 spiro atoms. The van der Waals surface area contributed by atoms with Crippen LogP contribution in [0.3, 0.4) is 0 Å². The maximum absolute atomic E-state index is 11.8. The third-order valence-corrected chi connectivity index (χ3v) is 12.5. The van der Waals surface area contributed by atoms with Crippen molar-refractivity contribution >= 4 is 17.7 Å². The van der Waals surface area contributed by atoms with E-state index < -0.39 is 6.10 Å². The zero-order valence-electron chi connectivity index (χ0n) is 21.9. The first-order valence-electron chi connectivity index (χ1n) is 14.3. The Morgan fingerprint density at radius 1 is 1.14 bits per heavy atom. The average Bonchev–Trinajstić information content (AvgIpc) is 3.43. The minimum Gasteiger partial charge on any atom is -0.458 e. The standard InChI is InChI=1S/C29H47NO4S/c1-28-10-8-22(35-13-3-12-33-18-21(31)16-30)15-20(28)4-5-23-25-7-6-24(19-14-27(32)34-17-19)29(25,2)11-9-26(23)28/h14,20-26,31H,3-13,15-18,30H2,1-2H3/t20-,21?,22+,23+,24-,25+,26+,28+,29-/m1/s1. The lowest BCUT2D eigenvalue weighted by Crippen LogP contribution is -2.53. The quantitative estimate of drug-likeness (QED) is 0.341. The Kier molecular flexibility index (Phi) is 7.94. The van der Waals surface area contributed by atoms with Crippen molar-refractivity contribution in [1.82, 2.24) is 0 Å². The molecule has 0 bridgehead atoms. The summed E-state index contributed by atoms with van der Waals surface area (Å²) in [4.78, 5) is 11.8. The number of nitrogens with two attached hydrogens (primary N) is 1. The summed E-state index contributed by atoms with van der Waals surface area (Å²) in [6.07, 6.45) is 14.6. The SMILES string of the molecule is C[C@]12CC[C@H](SCCCOCC(O)CN)C[C@H]1CC[C@@H]1[C@@H]2CC[C@]2(C)[C@@H](C3=CC(=O)OC3)CC[C@@H]12. The molecular weight excluding hydrogens is 458 g/mol. The van der Waals surface area contributed by atoms with Gasteiger partial charge in [0.05, 0.1) is 12.7 Å². The van der Waals surface area contributed by atoms with Gasteiger partial charge in [-0.2, -0.15) is 11.8 Å². The van der Waals surface area contributed by atoms with Gasteiger partial charge in [0.2, 0.25) is 0 Å². The maximum atomic E-state index is 11.8. The van der Waals surface area contributed by atoms with Crippen molar-refractivity contribution in [3.63, 3.8) is 0 Å². The number of cyclic esters (lactones) is 1. The molecule has 3 N–H and O–H groups in total. The van der Waals surface area contributed by atoms with Gasteiger partial charge >= 0.3 is 5.97 Å². The first-order valence-corrected chi connectivity index (χ1v) is 15.3. The van der Waals surface area contributed by atoms with E-state index in [9.17, 15) is 9.90 Å². The Balaban J connectivity index is 1.14. The summed E-state index contributed by atoms with van der Waals surface area (Å²) in [5, 5.41) is 10.3. The molecule has 0 aromatic rings. The molecule has 4 fully saturated rings. The van der Waals surface area contributed by atoms with Gasteiger partial charge in [-0.05, 0) is 116 Å². The summed E-state index contributed by atoms with van der Waals surface area (Å²) in [6, 6.07) is 0. The lowest BCUT2D eigenvalue weighted by molar-refractivity contribution is -0.135.